The first-order chi connectivity index (χ1) is 7.90. The normalized spacial score (nSPS) is 12.9. The van der Waals surface area contributed by atoms with Crippen LogP contribution in [0.5, 0.6) is 0 Å². The van der Waals surface area contributed by atoms with Crippen molar-refractivity contribution in [1.82, 2.24) is 4.98 Å². The van der Waals surface area contributed by atoms with Gasteiger partial charge in [-0.25, -0.2) is 8.78 Å². The molecule has 1 aromatic rings. The molecule has 0 spiro atoms. The summed E-state index contributed by atoms with van der Waals surface area (Å²) >= 11 is 0. The van der Waals surface area contributed by atoms with Crippen molar-refractivity contribution in [3.05, 3.63) is 23.6 Å². The van der Waals surface area contributed by atoms with Crippen molar-refractivity contribution in [3.63, 3.8) is 0 Å². The molecular formula is C11H15F3N2O. The number of aliphatic hydroxyl groups excluding tert-OH is 1. The Morgan fingerprint density at radius 1 is 1.29 bits per heavy atom. The number of hydrogen-bond acceptors (Lipinski definition) is 3. The average molecular weight is 248 g/mol. The molecule has 3 nitrogen and oxygen atoms in total. The van der Waals surface area contributed by atoms with Gasteiger partial charge in [-0.2, -0.15) is 9.37 Å². The van der Waals surface area contributed by atoms with Gasteiger partial charge in [-0.15, -0.1) is 0 Å². The van der Waals surface area contributed by atoms with Crippen LogP contribution in [-0.2, 0) is 0 Å². The van der Waals surface area contributed by atoms with Crippen LogP contribution in [0.1, 0.15) is 20.3 Å². The number of nitrogens with zero attached hydrogens (tertiary/aromatic N) is 1. The predicted molar refractivity (Wildman–Crippen MR) is 58.1 cm³/mol. The number of aromatic nitrogens is 1. The van der Waals surface area contributed by atoms with E-state index in [1.807, 2.05) is 13.8 Å². The molecule has 17 heavy (non-hydrogen) atoms. The van der Waals surface area contributed by atoms with Crippen LogP contribution in [0.2, 0.25) is 0 Å². The molecule has 0 saturated carbocycles. The van der Waals surface area contributed by atoms with E-state index in [1.54, 1.807) is 0 Å². The lowest BCUT2D eigenvalue weighted by molar-refractivity contribution is 0.161. The Bertz CT molecular complexity index is 385. The molecule has 1 heterocycles. The van der Waals surface area contributed by atoms with Gasteiger partial charge >= 0.3 is 0 Å². The van der Waals surface area contributed by atoms with Gasteiger partial charge in [0.25, 0.3) is 5.95 Å². The van der Waals surface area contributed by atoms with Gasteiger partial charge in [0.15, 0.2) is 17.5 Å². The van der Waals surface area contributed by atoms with Crippen LogP contribution >= 0.6 is 0 Å². The number of nitrogens with one attached hydrogen (secondary N) is 1. The maximum Gasteiger partial charge on any atom is 0.251 e. The first-order valence-corrected chi connectivity index (χ1v) is 5.33. The van der Waals surface area contributed by atoms with Gasteiger partial charge in [0.05, 0.1) is 6.10 Å². The molecule has 6 heteroatoms. The first-order valence-electron chi connectivity index (χ1n) is 5.33. The Morgan fingerprint density at radius 3 is 2.53 bits per heavy atom. The molecule has 0 amide bonds. The Morgan fingerprint density at radius 2 is 1.94 bits per heavy atom. The zero-order chi connectivity index (χ0) is 13.0. The average Bonchev–Trinajstić information content (AvgIpc) is 2.20. The maximum atomic E-state index is 13.1. The highest BCUT2D eigenvalue weighted by Crippen LogP contribution is 2.14. The van der Waals surface area contributed by atoms with E-state index in [2.05, 4.69) is 10.3 Å². The summed E-state index contributed by atoms with van der Waals surface area (Å²) in [5.74, 6) is -3.80. The van der Waals surface area contributed by atoms with E-state index < -0.39 is 29.5 Å². The van der Waals surface area contributed by atoms with Gasteiger partial charge in [-0.1, -0.05) is 13.8 Å². The lowest BCUT2D eigenvalue weighted by Gasteiger charge is -2.14. The van der Waals surface area contributed by atoms with Crippen molar-refractivity contribution in [2.75, 3.05) is 11.9 Å². The predicted octanol–water partition coefficient (Wildman–Crippen LogP) is 2.32. The van der Waals surface area contributed by atoms with Gasteiger partial charge in [-0.05, 0) is 12.3 Å². The molecule has 2 N–H and O–H groups in total. The quantitative estimate of drug-likeness (QED) is 0.786. The van der Waals surface area contributed by atoms with Crippen LogP contribution < -0.4 is 5.32 Å². The van der Waals surface area contributed by atoms with Crippen LogP contribution in [0.15, 0.2) is 6.07 Å². The Balaban J connectivity index is 2.60. The van der Waals surface area contributed by atoms with Crippen LogP contribution in [0.3, 0.4) is 0 Å². The minimum atomic E-state index is -1.37. The molecule has 1 aromatic heterocycles. The summed E-state index contributed by atoms with van der Waals surface area (Å²) in [6.45, 7) is 3.90. The summed E-state index contributed by atoms with van der Waals surface area (Å²) in [5.41, 5.74) is 0. The molecule has 1 atom stereocenters. The van der Waals surface area contributed by atoms with Crippen LogP contribution in [0.25, 0.3) is 0 Å². The second-order valence-electron chi connectivity index (χ2n) is 4.26. The fourth-order valence-corrected chi connectivity index (χ4v) is 1.41. The van der Waals surface area contributed by atoms with Gasteiger partial charge < -0.3 is 10.4 Å². The molecule has 0 aliphatic heterocycles. The number of anilines is 1. The van der Waals surface area contributed by atoms with Crippen molar-refractivity contribution < 1.29 is 18.3 Å². The Hall–Kier alpha value is -1.30. The molecule has 0 aliphatic carbocycles. The van der Waals surface area contributed by atoms with Crippen LogP contribution in [0.4, 0.5) is 19.0 Å². The number of halogens is 3. The first kappa shape index (κ1) is 13.8. The van der Waals surface area contributed by atoms with E-state index in [0.29, 0.717) is 12.5 Å². The molecule has 0 radical (unpaired) electrons. The largest absolute Gasteiger partial charge is 0.391 e. The van der Waals surface area contributed by atoms with Gasteiger partial charge in [0.1, 0.15) is 0 Å². The highest BCUT2D eigenvalue weighted by Gasteiger charge is 2.13. The Labute approximate surface area is 97.7 Å². The van der Waals surface area contributed by atoms with E-state index in [0.717, 1.165) is 0 Å². The number of rotatable bonds is 5. The number of aliphatic hydroxyl groups is 1. The van der Waals surface area contributed by atoms with Crippen molar-refractivity contribution >= 4 is 5.82 Å². The summed E-state index contributed by atoms with van der Waals surface area (Å²) in [7, 11) is 0. The highest BCUT2D eigenvalue weighted by atomic mass is 19.2. The minimum Gasteiger partial charge on any atom is -0.391 e. The van der Waals surface area contributed by atoms with Crippen LogP contribution in [-0.4, -0.2) is 22.7 Å². The van der Waals surface area contributed by atoms with E-state index in [9.17, 15) is 18.3 Å². The zero-order valence-corrected chi connectivity index (χ0v) is 9.67. The summed E-state index contributed by atoms with van der Waals surface area (Å²) in [6.07, 6.45) is -0.164. The van der Waals surface area contributed by atoms with E-state index in [4.69, 9.17) is 0 Å². The van der Waals surface area contributed by atoms with E-state index in [1.165, 1.54) is 0 Å². The van der Waals surface area contributed by atoms with Gasteiger partial charge in [-0.3, -0.25) is 0 Å². The number of pyridine rings is 1. The molecule has 1 unspecified atom stereocenters. The summed E-state index contributed by atoms with van der Waals surface area (Å²) in [5, 5.41) is 12.0. The maximum absolute atomic E-state index is 13.1. The van der Waals surface area contributed by atoms with Gasteiger partial charge in [0, 0.05) is 12.6 Å². The van der Waals surface area contributed by atoms with Crippen molar-refractivity contribution in [2.45, 2.75) is 26.4 Å². The fraction of sp³-hybridized carbons (Fsp3) is 0.545. The molecule has 0 aromatic carbocycles. The second kappa shape index (κ2) is 5.86. The lowest BCUT2D eigenvalue weighted by atomic mass is 10.1. The molecule has 1 rings (SSSR count). The standard InChI is InChI=1S/C11H15F3N2O/c1-6(2)3-7(17)5-15-11-9(13)4-8(12)10(14)16-11/h4,6-7,17H,3,5H2,1-2H3,(H,15,16). The third-order valence-electron chi connectivity index (χ3n) is 2.14. The molecule has 96 valence electrons. The molecular weight excluding hydrogens is 233 g/mol. The SMILES string of the molecule is CC(C)CC(O)CNc1nc(F)c(F)cc1F. The topological polar surface area (TPSA) is 45.1 Å². The highest BCUT2D eigenvalue weighted by molar-refractivity contribution is 5.36. The molecule has 0 fully saturated rings. The zero-order valence-electron chi connectivity index (χ0n) is 9.67. The summed E-state index contributed by atoms with van der Waals surface area (Å²) < 4.78 is 38.4. The molecule has 0 bridgehead atoms. The van der Waals surface area contributed by atoms with E-state index in [-0.39, 0.29) is 12.5 Å². The molecule has 0 aliphatic rings. The van der Waals surface area contributed by atoms with Crippen molar-refractivity contribution in [3.8, 4) is 0 Å². The Kier molecular flexibility index (Phi) is 4.74. The van der Waals surface area contributed by atoms with Crippen molar-refractivity contribution in [1.29, 1.82) is 0 Å². The monoisotopic (exact) mass is 248 g/mol. The lowest BCUT2D eigenvalue weighted by Crippen LogP contribution is -2.22. The van der Waals surface area contributed by atoms with Crippen molar-refractivity contribution in [2.24, 2.45) is 5.92 Å². The summed E-state index contributed by atoms with van der Waals surface area (Å²) in [4.78, 5) is 3.08. The van der Waals surface area contributed by atoms with Crippen LogP contribution in [0, 0.1) is 23.5 Å². The smallest absolute Gasteiger partial charge is 0.251 e. The third kappa shape index (κ3) is 4.22. The van der Waals surface area contributed by atoms with Gasteiger partial charge in [0.2, 0.25) is 0 Å². The minimum absolute atomic E-state index is 0.0349. The van der Waals surface area contributed by atoms with E-state index >= 15 is 0 Å². The second-order valence-corrected chi connectivity index (χ2v) is 4.26. The number of hydrogen-bond donors (Lipinski definition) is 2. The fourth-order valence-electron chi connectivity index (χ4n) is 1.41. The molecule has 0 saturated heterocycles. The third-order valence-corrected chi connectivity index (χ3v) is 2.14. The summed E-state index contributed by atoms with van der Waals surface area (Å²) in [6, 6.07) is 0.416.